The van der Waals surface area contributed by atoms with Gasteiger partial charge in [-0.3, -0.25) is 4.68 Å². The van der Waals surface area contributed by atoms with Crippen LogP contribution in [0.1, 0.15) is 26.7 Å². The standard InChI is InChI=1S/C11H20N4O2S/c1-3-15-7-10(11(12)14-15)18(16,17)13-6-8(2)9-4-5-9/h7-9,13H,3-6H2,1-2H3,(H2,12,14). The summed E-state index contributed by atoms with van der Waals surface area (Å²) in [6.45, 7) is 5.01. The van der Waals surface area contributed by atoms with E-state index in [0.717, 1.165) is 0 Å². The maximum absolute atomic E-state index is 12.1. The van der Waals surface area contributed by atoms with Crippen LogP contribution in [0, 0.1) is 11.8 Å². The molecule has 0 bridgehead atoms. The number of nitrogens with zero attached hydrogens (tertiary/aromatic N) is 2. The van der Waals surface area contributed by atoms with Gasteiger partial charge in [0, 0.05) is 19.3 Å². The number of nitrogen functional groups attached to an aromatic ring is 1. The van der Waals surface area contributed by atoms with E-state index in [0.29, 0.717) is 24.9 Å². The summed E-state index contributed by atoms with van der Waals surface area (Å²) in [5, 5.41) is 3.95. The molecule has 0 aromatic carbocycles. The minimum Gasteiger partial charge on any atom is -0.381 e. The van der Waals surface area contributed by atoms with Crippen molar-refractivity contribution in [2.45, 2.75) is 38.1 Å². The minimum atomic E-state index is -3.54. The molecule has 1 unspecified atom stereocenters. The number of hydrogen-bond acceptors (Lipinski definition) is 4. The summed E-state index contributed by atoms with van der Waals surface area (Å²) in [5.74, 6) is 1.11. The number of hydrogen-bond donors (Lipinski definition) is 2. The van der Waals surface area contributed by atoms with Crippen LogP contribution in [-0.4, -0.2) is 24.7 Å². The van der Waals surface area contributed by atoms with Crippen molar-refractivity contribution >= 4 is 15.8 Å². The zero-order valence-corrected chi connectivity index (χ0v) is 11.6. The topological polar surface area (TPSA) is 90.0 Å². The number of sulfonamides is 1. The van der Waals surface area contributed by atoms with E-state index in [1.807, 2.05) is 6.92 Å². The van der Waals surface area contributed by atoms with E-state index >= 15 is 0 Å². The van der Waals surface area contributed by atoms with E-state index < -0.39 is 10.0 Å². The molecular weight excluding hydrogens is 252 g/mol. The average Bonchev–Trinajstić information content (AvgIpc) is 3.09. The van der Waals surface area contributed by atoms with Crippen LogP contribution >= 0.6 is 0 Å². The lowest BCUT2D eigenvalue weighted by molar-refractivity contribution is 0.492. The van der Waals surface area contributed by atoms with Gasteiger partial charge < -0.3 is 5.73 Å². The Morgan fingerprint density at radius 1 is 1.61 bits per heavy atom. The van der Waals surface area contributed by atoms with Crippen molar-refractivity contribution in [3.63, 3.8) is 0 Å². The van der Waals surface area contributed by atoms with Crippen LogP contribution in [0.3, 0.4) is 0 Å². The van der Waals surface area contributed by atoms with Crippen molar-refractivity contribution in [2.75, 3.05) is 12.3 Å². The van der Waals surface area contributed by atoms with Gasteiger partial charge in [-0.25, -0.2) is 13.1 Å². The molecule has 3 N–H and O–H groups in total. The Bertz CT molecular complexity index is 519. The molecule has 0 amide bonds. The lowest BCUT2D eigenvalue weighted by atomic mass is 10.1. The number of anilines is 1. The molecule has 102 valence electrons. The molecule has 1 aliphatic rings. The van der Waals surface area contributed by atoms with Gasteiger partial charge in [-0.05, 0) is 31.6 Å². The second-order valence-corrected chi connectivity index (χ2v) is 6.64. The van der Waals surface area contributed by atoms with Gasteiger partial charge in [-0.15, -0.1) is 0 Å². The predicted molar refractivity (Wildman–Crippen MR) is 69.4 cm³/mol. The Labute approximate surface area is 108 Å². The molecule has 1 aromatic rings. The zero-order chi connectivity index (χ0) is 13.3. The molecule has 1 saturated carbocycles. The van der Waals surface area contributed by atoms with Crippen molar-refractivity contribution in [3.8, 4) is 0 Å². The van der Waals surface area contributed by atoms with Gasteiger partial charge in [0.2, 0.25) is 10.0 Å². The maximum atomic E-state index is 12.1. The highest BCUT2D eigenvalue weighted by atomic mass is 32.2. The highest BCUT2D eigenvalue weighted by molar-refractivity contribution is 7.89. The molecular formula is C11H20N4O2S. The van der Waals surface area contributed by atoms with Crippen LogP contribution < -0.4 is 10.5 Å². The summed E-state index contributed by atoms with van der Waals surface area (Å²) >= 11 is 0. The van der Waals surface area contributed by atoms with Crippen LogP contribution in [0.2, 0.25) is 0 Å². The van der Waals surface area contributed by atoms with Crippen LogP contribution in [-0.2, 0) is 16.6 Å². The van der Waals surface area contributed by atoms with Crippen LogP contribution in [0.4, 0.5) is 5.82 Å². The molecule has 2 rings (SSSR count). The van der Waals surface area contributed by atoms with E-state index in [-0.39, 0.29) is 10.7 Å². The van der Waals surface area contributed by atoms with Gasteiger partial charge in [-0.2, -0.15) is 5.10 Å². The van der Waals surface area contributed by atoms with Crippen molar-refractivity contribution in [2.24, 2.45) is 11.8 Å². The smallest absolute Gasteiger partial charge is 0.245 e. The number of aryl methyl sites for hydroxylation is 1. The number of nitrogens with one attached hydrogen (secondary N) is 1. The first kappa shape index (κ1) is 13.4. The molecule has 1 aromatic heterocycles. The fourth-order valence-electron chi connectivity index (χ4n) is 1.94. The SMILES string of the molecule is CCn1cc(S(=O)(=O)NCC(C)C2CC2)c(N)n1. The average molecular weight is 272 g/mol. The highest BCUT2D eigenvalue weighted by Crippen LogP contribution is 2.36. The van der Waals surface area contributed by atoms with E-state index in [1.165, 1.54) is 23.7 Å². The van der Waals surface area contributed by atoms with E-state index in [2.05, 4.69) is 16.7 Å². The van der Waals surface area contributed by atoms with Gasteiger partial charge in [0.05, 0.1) is 0 Å². The second kappa shape index (κ2) is 4.89. The molecule has 0 radical (unpaired) electrons. The molecule has 18 heavy (non-hydrogen) atoms. The normalized spacial score (nSPS) is 17.9. The van der Waals surface area contributed by atoms with Gasteiger partial charge >= 0.3 is 0 Å². The van der Waals surface area contributed by atoms with Crippen molar-refractivity contribution < 1.29 is 8.42 Å². The molecule has 1 heterocycles. The lowest BCUT2D eigenvalue weighted by Crippen LogP contribution is -2.29. The minimum absolute atomic E-state index is 0.0587. The molecule has 1 fully saturated rings. The molecule has 7 heteroatoms. The van der Waals surface area contributed by atoms with E-state index in [4.69, 9.17) is 5.73 Å². The third kappa shape index (κ3) is 2.84. The second-order valence-electron chi connectivity index (χ2n) is 4.90. The Kier molecular flexibility index (Phi) is 3.63. The van der Waals surface area contributed by atoms with Gasteiger partial charge in [-0.1, -0.05) is 6.92 Å². The number of nitrogens with two attached hydrogens (primary N) is 1. The fraction of sp³-hybridized carbons (Fsp3) is 0.727. The Morgan fingerprint density at radius 3 is 2.78 bits per heavy atom. The van der Waals surface area contributed by atoms with Crippen LogP contribution in [0.15, 0.2) is 11.1 Å². The summed E-state index contributed by atoms with van der Waals surface area (Å²) in [5.41, 5.74) is 5.63. The summed E-state index contributed by atoms with van der Waals surface area (Å²) in [6.07, 6.45) is 3.89. The van der Waals surface area contributed by atoms with Crippen LogP contribution in [0.5, 0.6) is 0 Å². The van der Waals surface area contributed by atoms with E-state index in [9.17, 15) is 8.42 Å². The van der Waals surface area contributed by atoms with Crippen molar-refractivity contribution in [1.82, 2.24) is 14.5 Å². The summed E-state index contributed by atoms with van der Waals surface area (Å²) < 4.78 is 28.3. The van der Waals surface area contributed by atoms with Gasteiger partial charge in [0.1, 0.15) is 4.90 Å². The maximum Gasteiger partial charge on any atom is 0.245 e. The number of aromatic nitrogens is 2. The first-order chi connectivity index (χ1) is 8.44. The molecule has 0 saturated heterocycles. The molecule has 0 aliphatic heterocycles. The summed E-state index contributed by atoms with van der Waals surface area (Å²) in [4.78, 5) is 0.0762. The highest BCUT2D eigenvalue weighted by Gasteiger charge is 2.29. The molecule has 6 nitrogen and oxygen atoms in total. The Morgan fingerprint density at radius 2 is 2.28 bits per heavy atom. The third-order valence-corrected chi connectivity index (χ3v) is 4.83. The van der Waals surface area contributed by atoms with Crippen LogP contribution in [0.25, 0.3) is 0 Å². The molecule has 1 atom stereocenters. The first-order valence-corrected chi connectivity index (χ1v) is 7.75. The quantitative estimate of drug-likeness (QED) is 0.802. The van der Waals surface area contributed by atoms with Gasteiger partial charge in [0.15, 0.2) is 5.82 Å². The van der Waals surface area contributed by atoms with Gasteiger partial charge in [0.25, 0.3) is 0 Å². The van der Waals surface area contributed by atoms with Crippen molar-refractivity contribution in [3.05, 3.63) is 6.20 Å². The van der Waals surface area contributed by atoms with Crippen molar-refractivity contribution in [1.29, 1.82) is 0 Å². The predicted octanol–water partition coefficient (Wildman–Crippen LogP) is 0.810. The Balaban J connectivity index is 2.06. The molecule has 0 spiro atoms. The monoisotopic (exact) mass is 272 g/mol. The first-order valence-electron chi connectivity index (χ1n) is 6.26. The lowest BCUT2D eigenvalue weighted by Gasteiger charge is -2.11. The Hall–Kier alpha value is -1.08. The zero-order valence-electron chi connectivity index (χ0n) is 10.8. The third-order valence-electron chi connectivity index (χ3n) is 3.39. The molecule has 1 aliphatic carbocycles. The summed E-state index contributed by atoms with van der Waals surface area (Å²) in [7, 11) is -3.54. The largest absolute Gasteiger partial charge is 0.381 e. The fourth-order valence-corrected chi connectivity index (χ4v) is 3.15. The number of rotatable bonds is 6. The summed E-state index contributed by atoms with van der Waals surface area (Å²) in [6, 6.07) is 0. The van der Waals surface area contributed by atoms with E-state index in [1.54, 1.807) is 0 Å².